The highest BCUT2D eigenvalue weighted by Gasteiger charge is 2.28. The van der Waals surface area contributed by atoms with Crippen molar-refractivity contribution in [3.05, 3.63) is 70.6 Å². The Bertz CT molecular complexity index is 1430. The van der Waals surface area contributed by atoms with E-state index in [9.17, 15) is 9.59 Å². The molecule has 0 saturated carbocycles. The van der Waals surface area contributed by atoms with Gasteiger partial charge in [-0.2, -0.15) is 5.10 Å². The normalized spacial score (nSPS) is 12.7. The molecule has 0 unspecified atom stereocenters. The molecule has 10 nitrogen and oxygen atoms in total. The van der Waals surface area contributed by atoms with E-state index in [0.29, 0.717) is 53.2 Å². The average Bonchev–Trinajstić information content (AvgIpc) is 3.50. The van der Waals surface area contributed by atoms with E-state index in [4.69, 9.17) is 9.47 Å². The minimum absolute atomic E-state index is 0.128. The van der Waals surface area contributed by atoms with E-state index in [1.807, 2.05) is 18.2 Å². The summed E-state index contributed by atoms with van der Waals surface area (Å²) in [4.78, 5) is 37.2. The molecular formula is C25H24N6O4S. The monoisotopic (exact) mass is 504 g/mol. The minimum atomic E-state index is -0.315. The van der Waals surface area contributed by atoms with Crippen LogP contribution in [0.25, 0.3) is 11.3 Å². The predicted molar refractivity (Wildman–Crippen MR) is 134 cm³/mol. The Kier molecular flexibility index (Phi) is 6.38. The average molecular weight is 505 g/mol. The van der Waals surface area contributed by atoms with Gasteiger partial charge in [-0.3, -0.25) is 24.6 Å². The van der Waals surface area contributed by atoms with Crippen LogP contribution in [0.3, 0.4) is 0 Å². The highest BCUT2D eigenvalue weighted by Crippen LogP contribution is 2.34. The summed E-state index contributed by atoms with van der Waals surface area (Å²) in [6, 6.07) is 12.4. The number of fused-ring (bicyclic) bond motifs is 1. The van der Waals surface area contributed by atoms with E-state index in [0.717, 1.165) is 16.1 Å². The molecule has 4 aromatic rings. The predicted octanol–water partition coefficient (Wildman–Crippen LogP) is 3.41. The number of amides is 2. The summed E-state index contributed by atoms with van der Waals surface area (Å²) in [5, 5.41) is 7.87. The van der Waals surface area contributed by atoms with Crippen LogP contribution in [0.5, 0.6) is 11.5 Å². The van der Waals surface area contributed by atoms with Crippen molar-refractivity contribution in [2.24, 2.45) is 7.05 Å². The number of rotatable bonds is 6. The highest BCUT2D eigenvalue weighted by molar-refractivity contribution is 7.15. The first-order valence-corrected chi connectivity index (χ1v) is 12.0. The molecule has 4 heterocycles. The molecule has 1 aliphatic rings. The first-order chi connectivity index (χ1) is 17.5. The minimum Gasteiger partial charge on any atom is -0.497 e. The van der Waals surface area contributed by atoms with Gasteiger partial charge in [0.05, 0.1) is 32.2 Å². The molecule has 2 amide bonds. The van der Waals surface area contributed by atoms with Gasteiger partial charge < -0.3 is 14.4 Å². The molecule has 184 valence electrons. The number of hydrogen-bond acceptors (Lipinski definition) is 8. The van der Waals surface area contributed by atoms with Crippen LogP contribution in [-0.2, 0) is 20.0 Å². The Labute approximate surface area is 211 Å². The molecule has 0 saturated heterocycles. The lowest BCUT2D eigenvalue weighted by Crippen LogP contribution is -2.36. The number of benzene rings is 1. The largest absolute Gasteiger partial charge is 0.497 e. The van der Waals surface area contributed by atoms with Crippen LogP contribution in [0, 0.1) is 0 Å². The number of ether oxygens (including phenoxy) is 2. The maximum absolute atomic E-state index is 13.4. The SMILES string of the molecule is COc1ccc(OC)c(-c2cc(C(=O)N3CCc4nc(NC(=O)c5ccccn5)sc4C3)n(C)n2)c1. The van der Waals surface area contributed by atoms with Crippen LogP contribution in [-0.4, -0.2) is 57.2 Å². The van der Waals surface area contributed by atoms with Gasteiger partial charge in [0.2, 0.25) is 0 Å². The number of nitrogens with one attached hydrogen (secondary N) is 1. The zero-order valence-corrected chi connectivity index (χ0v) is 20.8. The zero-order valence-electron chi connectivity index (χ0n) is 20.0. The zero-order chi connectivity index (χ0) is 25.2. The summed E-state index contributed by atoms with van der Waals surface area (Å²) in [5.74, 6) is 0.866. The van der Waals surface area contributed by atoms with Crippen molar-refractivity contribution in [2.45, 2.75) is 13.0 Å². The van der Waals surface area contributed by atoms with Gasteiger partial charge >= 0.3 is 0 Å². The van der Waals surface area contributed by atoms with Crippen LogP contribution < -0.4 is 14.8 Å². The Morgan fingerprint density at radius 3 is 2.72 bits per heavy atom. The number of anilines is 1. The summed E-state index contributed by atoms with van der Waals surface area (Å²) >= 11 is 1.37. The van der Waals surface area contributed by atoms with Gasteiger partial charge in [-0.1, -0.05) is 17.4 Å². The molecule has 36 heavy (non-hydrogen) atoms. The lowest BCUT2D eigenvalue weighted by molar-refractivity contribution is 0.0725. The molecule has 3 aromatic heterocycles. The molecule has 1 N–H and O–H groups in total. The summed E-state index contributed by atoms with van der Waals surface area (Å²) in [6.45, 7) is 0.931. The molecule has 0 aliphatic carbocycles. The number of aromatic nitrogens is 4. The molecule has 11 heteroatoms. The van der Waals surface area contributed by atoms with E-state index in [1.165, 1.54) is 11.3 Å². The number of aryl methyl sites for hydroxylation is 1. The van der Waals surface area contributed by atoms with Crippen LogP contribution in [0.4, 0.5) is 5.13 Å². The molecule has 0 radical (unpaired) electrons. The standard InChI is InChI=1S/C25H24N6O4S/c1-30-20(13-19(29-30)16-12-15(34-2)7-8-21(16)35-3)24(33)31-11-9-17-22(14-31)36-25(27-17)28-23(32)18-6-4-5-10-26-18/h4-8,10,12-13H,9,11,14H2,1-3H3,(H,27,28,32). The number of carbonyl (C=O) groups excluding carboxylic acids is 2. The first-order valence-electron chi connectivity index (χ1n) is 11.2. The fraction of sp³-hybridized carbons (Fsp3) is 0.240. The Morgan fingerprint density at radius 2 is 1.97 bits per heavy atom. The van der Waals surface area contributed by atoms with Gasteiger partial charge in [-0.05, 0) is 36.4 Å². The Balaban J connectivity index is 1.33. The van der Waals surface area contributed by atoms with Gasteiger partial charge in [-0.25, -0.2) is 4.98 Å². The van der Waals surface area contributed by atoms with Gasteiger partial charge in [0.1, 0.15) is 22.9 Å². The van der Waals surface area contributed by atoms with Crippen molar-refractivity contribution in [3.63, 3.8) is 0 Å². The second kappa shape index (κ2) is 9.78. The fourth-order valence-corrected chi connectivity index (χ4v) is 5.07. The topological polar surface area (TPSA) is 111 Å². The van der Waals surface area contributed by atoms with Crippen molar-refractivity contribution in [1.82, 2.24) is 24.6 Å². The van der Waals surface area contributed by atoms with Crippen LogP contribution in [0.1, 0.15) is 31.5 Å². The summed E-state index contributed by atoms with van der Waals surface area (Å²) in [5.41, 5.74) is 3.04. The third-order valence-electron chi connectivity index (χ3n) is 5.92. The van der Waals surface area contributed by atoms with E-state index < -0.39 is 0 Å². The first kappa shape index (κ1) is 23.5. The lowest BCUT2D eigenvalue weighted by atomic mass is 10.1. The molecule has 0 atom stereocenters. The Hall–Kier alpha value is -4.25. The molecule has 0 spiro atoms. The van der Waals surface area contributed by atoms with E-state index in [-0.39, 0.29) is 11.8 Å². The van der Waals surface area contributed by atoms with Crippen molar-refractivity contribution in [1.29, 1.82) is 0 Å². The maximum atomic E-state index is 13.4. The summed E-state index contributed by atoms with van der Waals surface area (Å²) < 4.78 is 12.4. The third kappa shape index (κ3) is 4.52. The smallest absolute Gasteiger partial charge is 0.276 e. The van der Waals surface area contributed by atoms with Gasteiger partial charge in [-0.15, -0.1) is 0 Å². The highest BCUT2D eigenvalue weighted by atomic mass is 32.1. The molecule has 5 rings (SSSR count). The number of carbonyl (C=O) groups is 2. The maximum Gasteiger partial charge on any atom is 0.276 e. The second-order valence-corrected chi connectivity index (χ2v) is 9.22. The third-order valence-corrected chi connectivity index (χ3v) is 6.92. The van der Waals surface area contributed by atoms with E-state index in [1.54, 1.807) is 61.3 Å². The molecule has 0 fully saturated rings. The van der Waals surface area contributed by atoms with Crippen molar-refractivity contribution >= 4 is 28.3 Å². The van der Waals surface area contributed by atoms with Gasteiger partial charge in [0, 0.05) is 36.7 Å². The van der Waals surface area contributed by atoms with E-state index >= 15 is 0 Å². The van der Waals surface area contributed by atoms with Crippen molar-refractivity contribution < 1.29 is 19.1 Å². The van der Waals surface area contributed by atoms with Crippen LogP contribution in [0.2, 0.25) is 0 Å². The van der Waals surface area contributed by atoms with Gasteiger partial charge in [0.25, 0.3) is 11.8 Å². The van der Waals surface area contributed by atoms with E-state index in [2.05, 4.69) is 20.4 Å². The quantitative estimate of drug-likeness (QED) is 0.428. The lowest BCUT2D eigenvalue weighted by Gasteiger charge is -2.25. The number of pyridine rings is 1. The number of hydrogen-bond donors (Lipinski definition) is 1. The number of thiazole rings is 1. The number of nitrogens with zero attached hydrogens (tertiary/aromatic N) is 5. The second-order valence-electron chi connectivity index (χ2n) is 8.14. The molecule has 1 aliphatic heterocycles. The number of methoxy groups -OCH3 is 2. The van der Waals surface area contributed by atoms with Crippen LogP contribution >= 0.6 is 11.3 Å². The molecule has 0 bridgehead atoms. The van der Waals surface area contributed by atoms with Crippen LogP contribution in [0.15, 0.2) is 48.7 Å². The van der Waals surface area contributed by atoms with Crippen molar-refractivity contribution in [3.8, 4) is 22.8 Å². The summed E-state index contributed by atoms with van der Waals surface area (Å²) in [6.07, 6.45) is 2.17. The van der Waals surface area contributed by atoms with Crippen molar-refractivity contribution in [2.75, 3.05) is 26.1 Å². The Morgan fingerprint density at radius 1 is 1.11 bits per heavy atom. The fourth-order valence-electron chi connectivity index (χ4n) is 4.06. The molecule has 1 aromatic carbocycles. The van der Waals surface area contributed by atoms with Gasteiger partial charge in [0.15, 0.2) is 5.13 Å². The summed E-state index contributed by atoms with van der Waals surface area (Å²) in [7, 11) is 4.93. The molecular weight excluding hydrogens is 480 g/mol.